The van der Waals surface area contributed by atoms with Crippen molar-refractivity contribution in [2.24, 2.45) is 5.92 Å². The van der Waals surface area contributed by atoms with Gasteiger partial charge in [-0.05, 0) is 71.4 Å². The summed E-state index contributed by atoms with van der Waals surface area (Å²) in [7, 11) is -3.56. The predicted octanol–water partition coefficient (Wildman–Crippen LogP) is 3.00. The van der Waals surface area contributed by atoms with Crippen LogP contribution < -0.4 is 4.72 Å². The number of hydrogen-bond acceptors (Lipinski definition) is 4. The summed E-state index contributed by atoms with van der Waals surface area (Å²) in [6.45, 7) is 13.5. The Kier molecular flexibility index (Phi) is 7.25. The third-order valence-corrected chi connectivity index (χ3v) is 8.45. The summed E-state index contributed by atoms with van der Waals surface area (Å²) < 4.78 is 28.9. The van der Waals surface area contributed by atoms with Gasteiger partial charge in [0.1, 0.15) is 0 Å². The summed E-state index contributed by atoms with van der Waals surface area (Å²) in [4.78, 5) is 17.7. The third kappa shape index (κ3) is 5.24. The first kappa shape index (κ1) is 23.2. The zero-order chi connectivity index (χ0) is 22.1. The summed E-state index contributed by atoms with van der Waals surface area (Å²) in [6, 6.07) is 4.25. The number of piperazine rings is 1. The molecule has 1 amide bonds. The van der Waals surface area contributed by atoms with E-state index >= 15 is 0 Å². The molecule has 1 aromatic rings. The molecule has 0 aromatic heterocycles. The molecule has 1 saturated carbocycles. The zero-order valence-corrected chi connectivity index (χ0v) is 19.9. The van der Waals surface area contributed by atoms with Gasteiger partial charge >= 0.3 is 0 Å². The molecule has 7 heteroatoms. The molecule has 1 N–H and O–H groups in total. The lowest BCUT2D eigenvalue weighted by Crippen LogP contribution is -2.52. The van der Waals surface area contributed by atoms with Gasteiger partial charge in [0.2, 0.25) is 15.9 Å². The van der Waals surface area contributed by atoms with Crippen LogP contribution in [0.3, 0.4) is 0 Å². The number of carbonyl (C=O) groups excluding carboxylic acids is 1. The van der Waals surface area contributed by atoms with Crippen LogP contribution in [0.1, 0.15) is 56.2 Å². The van der Waals surface area contributed by atoms with E-state index in [9.17, 15) is 13.2 Å². The summed E-state index contributed by atoms with van der Waals surface area (Å²) in [5.74, 6) is 0.282. The fraction of sp³-hybridized carbons (Fsp3) is 0.696. The molecule has 1 heterocycles. The fourth-order valence-corrected chi connectivity index (χ4v) is 6.80. The van der Waals surface area contributed by atoms with Crippen molar-refractivity contribution in [2.75, 3.05) is 26.2 Å². The molecule has 0 bridgehead atoms. The van der Waals surface area contributed by atoms with Crippen LogP contribution in [0.2, 0.25) is 0 Å². The van der Waals surface area contributed by atoms with E-state index in [2.05, 4.69) is 23.5 Å². The van der Waals surface area contributed by atoms with Crippen molar-refractivity contribution in [3.8, 4) is 0 Å². The molecule has 1 saturated heterocycles. The number of aryl methyl sites for hydroxylation is 3. The minimum absolute atomic E-state index is 0.0270. The Morgan fingerprint density at radius 1 is 0.967 bits per heavy atom. The van der Waals surface area contributed by atoms with E-state index in [-0.39, 0.29) is 17.9 Å². The normalized spacial score (nSPS) is 23.7. The average Bonchev–Trinajstić information content (AvgIpc) is 2.66. The summed E-state index contributed by atoms with van der Waals surface area (Å²) in [5.41, 5.74) is 2.63. The zero-order valence-electron chi connectivity index (χ0n) is 19.1. The molecule has 3 rings (SSSR count). The third-order valence-electron chi connectivity index (χ3n) is 6.63. The van der Waals surface area contributed by atoms with Crippen LogP contribution in [0.25, 0.3) is 0 Å². The van der Waals surface area contributed by atoms with Crippen molar-refractivity contribution in [1.82, 2.24) is 14.5 Å². The first-order valence-electron chi connectivity index (χ1n) is 11.2. The van der Waals surface area contributed by atoms with Crippen molar-refractivity contribution < 1.29 is 13.2 Å². The Morgan fingerprint density at radius 2 is 1.50 bits per heavy atom. The van der Waals surface area contributed by atoms with Gasteiger partial charge in [-0.2, -0.15) is 0 Å². The highest BCUT2D eigenvalue weighted by Crippen LogP contribution is 2.29. The number of nitrogens with one attached hydrogen (secondary N) is 1. The molecule has 30 heavy (non-hydrogen) atoms. The lowest BCUT2D eigenvalue weighted by atomic mass is 9.85. The number of amides is 1. The molecule has 6 nitrogen and oxygen atoms in total. The fourth-order valence-electron chi connectivity index (χ4n) is 5.04. The second-order valence-corrected chi connectivity index (χ2v) is 11.0. The van der Waals surface area contributed by atoms with Gasteiger partial charge in [0.15, 0.2) is 0 Å². The number of rotatable bonds is 5. The standard InChI is InChI=1S/C23H37N3O3S/c1-16(2)25-10-12-26(13-11-25)23(27)20-6-8-21(9-7-20)24-30(28,29)22-18(4)14-17(3)15-19(22)5/h14-16,20-21,24H,6-13H2,1-5H3/t20-,21+. The van der Waals surface area contributed by atoms with Gasteiger partial charge in [-0.3, -0.25) is 9.69 Å². The quantitative estimate of drug-likeness (QED) is 0.772. The molecule has 0 unspecified atom stereocenters. The maximum atomic E-state index is 13.0. The predicted molar refractivity (Wildman–Crippen MR) is 120 cm³/mol. The Bertz CT molecular complexity index is 843. The average molecular weight is 436 g/mol. The van der Waals surface area contributed by atoms with Crippen molar-refractivity contribution in [3.05, 3.63) is 28.8 Å². The Hall–Kier alpha value is -1.44. The van der Waals surface area contributed by atoms with Gasteiger partial charge in [0.05, 0.1) is 4.90 Å². The topological polar surface area (TPSA) is 69.7 Å². The molecule has 1 aromatic carbocycles. The van der Waals surface area contributed by atoms with Crippen LogP contribution in [-0.2, 0) is 14.8 Å². The molecule has 2 aliphatic rings. The molecular formula is C23H37N3O3S. The Balaban J connectivity index is 1.55. The van der Waals surface area contributed by atoms with Gasteiger partial charge in [0.25, 0.3) is 0 Å². The van der Waals surface area contributed by atoms with Crippen LogP contribution in [0.15, 0.2) is 17.0 Å². The lowest BCUT2D eigenvalue weighted by molar-refractivity contribution is -0.138. The highest BCUT2D eigenvalue weighted by molar-refractivity contribution is 7.89. The smallest absolute Gasteiger partial charge is 0.241 e. The lowest BCUT2D eigenvalue weighted by Gasteiger charge is -2.39. The highest BCUT2D eigenvalue weighted by Gasteiger charge is 2.33. The van der Waals surface area contributed by atoms with Gasteiger partial charge in [0, 0.05) is 44.2 Å². The van der Waals surface area contributed by atoms with Gasteiger partial charge in [-0.15, -0.1) is 0 Å². The van der Waals surface area contributed by atoms with E-state index in [0.717, 1.165) is 55.7 Å². The molecular weight excluding hydrogens is 398 g/mol. The number of sulfonamides is 1. The minimum atomic E-state index is -3.56. The molecule has 0 spiro atoms. The van der Waals surface area contributed by atoms with E-state index in [4.69, 9.17) is 0 Å². The molecule has 2 fully saturated rings. The van der Waals surface area contributed by atoms with Gasteiger partial charge < -0.3 is 4.90 Å². The van der Waals surface area contributed by atoms with Crippen LogP contribution in [0.4, 0.5) is 0 Å². The summed E-state index contributed by atoms with van der Waals surface area (Å²) >= 11 is 0. The second kappa shape index (κ2) is 9.37. The second-order valence-electron chi connectivity index (χ2n) is 9.35. The van der Waals surface area contributed by atoms with Crippen LogP contribution in [0.5, 0.6) is 0 Å². The number of carbonyl (C=O) groups is 1. The molecule has 0 atom stereocenters. The maximum Gasteiger partial charge on any atom is 0.241 e. The summed E-state index contributed by atoms with van der Waals surface area (Å²) in [5, 5.41) is 0. The van der Waals surface area contributed by atoms with Crippen LogP contribution in [-0.4, -0.2) is 62.4 Å². The van der Waals surface area contributed by atoms with E-state index in [1.165, 1.54) is 0 Å². The maximum absolute atomic E-state index is 13.0. The number of nitrogens with zero attached hydrogens (tertiary/aromatic N) is 2. The van der Waals surface area contributed by atoms with Crippen molar-refractivity contribution >= 4 is 15.9 Å². The SMILES string of the molecule is Cc1cc(C)c(S(=O)(=O)N[C@H]2CC[C@@H](C(=O)N3CCN(C(C)C)CC3)CC2)c(C)c1. The van der Waals surface area contributed by atoms with E-state index in [1.54, 1.807) is 0 Å². The van der Waals surface area contributed by atoms with Crippen LogP contribution in [0, 0.1) is 26.7 Å². The minimum Gasteiger partial charge on any atom is -0.340 e. The Morgan fingerprint density at radius 3 is 2.00 bits per heavy atom. The first-order chi connectivity index (χ1) is 14.1. The van der Waals surface area contributed by atoms with E-state index < -0.39 is 10.0 Å². The first-order valence-corrected chi connectivity index (χ1v) is 12.7. The van der Waals surface area contributed by atoms with Crippen LogP contribution >= 0.6 is 0 Å². The van der Waals surface area contributed by atoms with E-state index in [1.807, 2.05) is 37.8 Å². The molecule has 1 aliphatic carbocycles. The van der Waals surface area contributed by atoms with Crippen molar-refractivity contribution in [3.63, 3.8) is 0 Å². The Labute approximate surface area is 182 Å². The largest absolute Gasteiger partial charge is 0.340 e. The van der Waals surface area contributed by atoms with E-state index in [0.29, 0.717) is 23.8 Å². The van der Waals surface area contributed by atoms with Gasteiger partial charge in [-0.1, -0.05) is 17.7 Å². The summed E-state index contributed by atoms with van der Waals surface area (Å²) in [6.07, 6.45) is 2.93. The van der Waals surface area contributed by atoms with Gasteiger partial charge in [-0.25, -0.2) is 13.1 Å². The molecule has 0 radical (unpaired) electrons. The molecule has 1 aliphatic heterocycles. The monoisotopic (exact) mass is 435 g/mol. The molecule has 168 valence electrons. The highest BCUT2D eigenvalue weighted by atomic mass is 32.2. The van der Waals surface area contributed by atoms with Crippen molar-refractivity contribution in [2.45, 2.75) is 77.3 Å². The van der Waals surface area contributed by atoms with Crippen molar-refractivity contribution in [1.29, 1.82) is 0 Å². The number of benzene rings is 1. The number of hydrogen-bond donors (Lipinski definition) is 1.